The third kappa shape index (κ3) is 2.38. The fraction of sp³-hybridized carbons (Fsp3) is 0.235. The maximum Gasteiger partial charge on any atom is 0.143 e. The van der Waals surface area contributed by atoms with Gasteiger partial charge in [0.2, 0.25) is 0 Å². The van der Waals surface area contributed by atoms with Crippen LogP contribution in [0.5, 0.6) is 0 Å². The number of nitrogens with zero attached hydrogens (tertiary/aromatic N) is 2. The number of imidazole rings is 1. The van der Waals surface area contributed by atoms with Gasteiger partial charge in [0.1, 0.15) is 5.82 Å². The second-order valence-electron chi connectivity index (χ2n) is 5.26. The Morgan fingerprint density at radius 1 is 1.24 bits per heavy atom. The van der Waals surface area contributed by atoms with Crippen molar-refractivity contribution in [3.05, 3.63) is 47.0 Å². The van der Waals surface area contributed by atoms with Crippen LogP contribution in [0.3, 0.4) is 0 Å². The average molecular weight is 300 g/mol. The minimum Gasteiger partial charge on any atom is -0.398 e. The molecule has 0 bridgehead atoms. The fourth-order valence-corrected chi connectivity index (χ4v) is 2.91. The average Bonchev–Trinajstić information content (AvgIpc) is 2.77. The van der Waals surface area contributed by atoms with E-state index in [0.29, 0.717) is 5.02 Å². The van der Waals surface area contributed by atoms with E-state index in [9.17, 15) is 0 Å². The number of aryl methyl sites for hydroxylation is 2. The first-order valence-electron chi connectivity index (χ1n) is 7.13. The number of benzene rings is 2. The quantitative estimate of drug-likeness (QED) is 0.715. The molecule has 0 atom stereocenters. The molecule has 0 unspecified atom stereocenters. The molecule has 0 aliphatic carbocycles. The lowest BCUT2D eigenvalue weighted by atomic mass is 10.1. The molecule has 0 aliphatic rings. The predicted octanol–water partition coefficient (Wildman–Crippen LogP) is 4.66. The molecule has 0 spiro atoms. The van der Waals surface area contributed by atoms with Gasteiger partial charge in [0, 0.05) is 22.8 Å². The van der Waals surface area contributed by atoms with Gasteiger partial charge in [-0.3, -0.25) is 0 Å². The maximum absolute atomic E-state index is 6.19. The smallest absolute Gasteiger partial charge is 0.143 e. The van der Waals surface area contributed by atoms with E-state index in [1.165, 1.54) is 0 Å². The lowest BCUT2D eigenvalue weighted by Crippen LogP contribution is -2.03. The van der Waals surface area contributed by atoms with E-state index in [1.807, 2.05) is 30.3 Å². The van der Waals surface area contributed by atoms with Gasteiger partial charge >= 0.3 is 0 Å². The van der Waals surface area contributed by atoms with Gasteiger partial charge in [-0.2, -0.15) is 0 Å². The van der Waals surface area contributed by atoms with Crippen LogP contribution in [0.1, 0.15) is 18.9 Å². The second-order valence-corrected chi connectivity index (χ2v) is 5.70. The largest absolute Gasteiger partial charge is 0.398 e. The number of nitrogen functional groups attached to an aromatic ring is 1. The first kappa shape index (κ1) is 14.0. The van der Waals surface area contributed by atoms with Gasteiger partial charge in [-0.05, 0) is 43.2 Å². The summed E-state index contributed by atoms with van der Waals surface area (Å²) in [6, 6.07) is 11.8. The van der Waals surface area contributed by atoms with Crippen LogP contribution >= 0.6 is 11.6 Å². The molecule has 0 amide bonds. The normalized spacial score (nSPS) is 11.2. The van der Waals surface area contributed by atoms with Crippen molar-refractivity contribution in [2.24, 2.45) is 0 Å². The Morgan fingerprint density at radius 2 is 2.05 bits per heavy atom. The predicted molar refractivity (Wildman–Crippen MR) is 89.6 cm³/mol. The van der Waals surface area contributed by atoms with Crippen LogP contribution in [0.2, 0.25) is 5.02 Å². The summed E-state index contributed by atoms with van der Waals surface area (Å²) in [5.74, 6) is 0.921. The zero-order valence-corrected chi connectivity index (χ0v) is 13.0. The van der Waals surface area contributed by atoms with Crippen molar-refractivity contribution >= 4 is 28.3 Å². The molecule has 108 valence electrons. The van der Waals surface area contributed by atoms with Crippen LogP contribution in [0.25, 0.3) is 22.4 Å². The van der Waals surface area contributed by atoms with Crippen LogP contribution in [-0.4, -0.2) is 9.55 Å². The van der Waals surface area contributed by atoms with Crippen LogP contribution in [0.4, 0.5) is 5.69 Å². The Labute approximate surface area is 129 Å². The first-order valence-corrected chi connectivity index (χ1v) is 7.51. The Balaban J connectivity index is 2.33. The molecule has 0 aliphatic heterocycles. The van der Waals surface area contributed by atoms with E-state index < -0.39 is 0 Å². The lowest BCUT2D eigenvalue weighted by Gasteiger charge is -2.12. The van der Waals surface area contributed by atoms with E-state index in [4.69, 9.17) is 22.3 Å². The molecule has 1 heterocycles. The van der Waals surface area contributed by atoms with Crippen LogP contribution < -0.4 is 5.73 Å². The van der Waals surface area contributed by atoms with Crippen LogP contribution in [0, 0.1) is 6.92 Å². The molecule has 4 heteroatoms. The first-order chi connectivity index (χ1) is 10.1. The van der Waals surface area contributed by atoms with Gasteiger partial charge in [0.15, 0.2) is 0 Å². The summed E-state index contributed by atoms with van der Waals surface area (Å²) in [4.78, 5) is 4.78. The van der Waals surface area contributed by atoms with Crippen molar-refractivity contribution in [1.29, 1.82) is 0 Å². The molecule has 1 aromatic heterocycles. The number of halogens is 1. The summed E-state index contributed by atoms with van der Waals surface area (Å²) >= 11 is 6.09. The van der Waals surface area contributed by atoms with Gasteiger partial charge < -0.3 is 10.3 Å². The molecule has 0 saturated carbocycles. The molecular weight excluding hydrogens is 282 g/mol. The number of hydrogen-bond acceptors (Lipinski definition) is 2. The van der Waals surface area contributed by atoms with Crippen LogP contribution in [0.15, 0.2) is 36.4 Å². The molecule has 0 fully saturated rings. The van der Waals surface area contributed by atoms with Gasteiger partial charge in [0.25, 0.3) is 0 Å². The second kappa shape index (κ2) is 5.41. The number of anilines is 1. The summed E-state index contributed by atoms with van der Waals surface area (Å²) in [6.45, 7) is 5.13. The number of aromatic nitrogens is 2. The number of fused-ring (bicyclic) bond motifs is 1. The maximum atomic E-state index is 6.19. The zero-order chi connectivity index (χ0) is 15.0. The number of rotatable bonds is 3. The Bertz CT molecular complexity index is 785. The summed E-state index contributed by atoms with van der Waals surface area (Å²) in [5, 5.41) is 0.702. The minimum absolute atomic E-state index is 0.702. The van der Waals surface area contributed by atoms with Gasteiger partial charge in [-0.1, -0.05) is 30.7 Å². The fourth-order valence-electron chi connectivity index (χ4n) is 2.74. The van der Waals surface area contributed by atoms with E-state index >= 15 is 0 Å². The highest BCUT2D eigenvalue weighted by atomic mass is 35.5. The molecule has 21 heavy (non-hydrogen) atoms. The summed E-state index contributed by atoms with van der Waals surface area (Å²) in [6.07, 6.45) is 1.03. The van der Waals surface area contributed by atoms with Gasteiger partial charge in [-0.25, -0.2) is 4.98 Å². The molecule has 0 saturated heterocycles. The third-order valence-electron chi connectivity index (χ3n) is 3.69. The summed E-state index contributed by atoms with van der Waals surface area (Å²) in [5.41, 5.74) is 11.1. The van der Waals surface area contributed by atoms with Crippen molar-refractivity contribution in [3.63, 3.8) is 0 Å². The molecule has 0 radical (unpaired) electrons. The molecule has 3 rings (SSSR count). The van der Waals surface area contributed by atoms with Crippen molar-refractivity contribution in [1.82, 2.24) is 9.55 Å². The SMILES string of the molecule is CCCn1c(-c2c(C)cccc2N)nc2cc(Cl)ccc21. The highest BCUT2D eigenvalue weighted by Gasteiger charge is 2.16. The molecule has 3 nitrogen and oxygen atoms in total. The van der Waals surface area contributed by atoms with Gasteiger partial charge in [-0.15, -0.1) is 0 Å². The topological polar surface area (TPSA) is 43.8 Å². The summed E-state index contributed by atoms with van der Waals surface area (Å²) in [7, 11) is 0. The number of hydrogen-bond donors (Lipinski definition) is 1. The molecule has 2 aromatic carbocycles. The van der Waals surface area contributed by atoms with Gasteiger partial charge in [0.05, 0.1) is 11.0 Å². The molecular formula is C17H18ClN3. The number of nitrogens with two attached hydrogens (primary N) is 1. The zero-order valence-electron chi connectivity index (χ0n) is 12.2. The van der Waals surface area contributed by atoms with Crippen LogP contribution in [-0.2, 0) is 6.54 Å². The minimum atomic E-state index is 0.702. The monoisotopic (exact) mass is 299 g/mol. The Hall–Kier alpha value is -2.00. The van der Waals surface area contributed by atoms with E-state index in [-0.39, 0.29) is 0 Å². The van der Waals surface area contributed by atoms with Crippen molar-refractivity contribution in [3.8, 4) is 11.4 Å². The highest BCUT2D eigenvalue weighted by molar-refractivity contribution is 6.31. The third-order valence-corrected chi connectivity index (χ3v) is 3.92. The lowest BCUT2D eigenvalue weighted by molar-refractivity contribution is 0.704. The molecule has 2 N–H and O–H groups in total. The van der Waals surface area contributed by atoms with E-state index in [2.05, 4.69) is 24.5 Å². The van der Waals surface area contributed by atoms with Crippen molar-refractivity contribution < 1.29 is 0 Å². The van der Waals surface area contributed by atoms with Crippen molar-refractivity contribution in [2.45, 2.75) is 26.8 Å². The highest BCUT2D eigenvalue weighted by Crippen LogP contribution is 2.32. The Morgan fingerprint density at radius 3 is 2.76 bits per heavy atom. The Kier molecular flexibility index (Phi) is 3.60. The van der Waals surface area contributed by atoms with E-state index in [0.717, 1.165) is 46.6 Å². The van der Waals surface area contributed by atoms with Crippen molar-refractivity contribution in [2.75, 3.05) is 5.73 Å². The summed E-state index contributed by atoms with van der Waals surface area (Å²) < 4.78 is 2.23. The van der Waals surface area contributed by atoms with E-state index in [1.54, 1.807) is 0 Å². The molecule has 3 aromatic rings. The standard InChI is InChI=1S/C17H18ClN3/c1-3-9-21-15-8-7-12(18)10-14(15)20-17(21)16-11(2)5-4-6-13(16)19/h4-8,10H,3,9,19H2,1-2H3.